The largest absolute Gasteiger partial charge is 0.478 e. The summed E-state index contributed by atoms with van der Waals surface area (Å²) < 4.78 is 0.997. The summed E-state index contributed by atoms with van der Waals surface area (Å²) in [7, 11) is 0. The number of hydrogen-bond donors (Lipinski definition) is 2. The number of aromatic amines is 1. The predicted molar refractivity (Wildman–Crippen MR) is 65.5 cm³/mol. The van der Waals surface area contributed by atoms with E-state index in [9.17, 15) is 4.79 Å². The Balaban J connectivity index is 2.49. The van der Waals surface area contributed by atoms with Gasteiger partial charge in [-0.15, -0.1) is 0 Å². The molecule has 5 heteroatoms. The average Bonchev–Trinajstić information content (AvgIpc) is 2.63. The molecule has 0 fully saturated rings. The fraction of sp³-hybridized carbons (Fsp3) is 0. The van der Waals surface area contributed by atoms with E-state index in [1.165, 1.54) is 0 Å². The minimum Gasteiger partial charge on any atom is -0.478 e. The molecule has 0 aliphatic rings. The fourth-order valence-electron chi connectivity index (χ4n) is 1.29. The molecule has 76 valence electrons. The molecule has 0 unspecified atom stereocenters. The van der Waals surface area contributed by atoms with E-state index in [-0.39, 0.29) is 0 Å². The molecule has 0 spiro atoms. The smallest absolute Gasteiger partial charge is 0.328 e. The van der Waals surface area contributed by atoms with Gasteiger partial charge in [-0.2, -0.15) is 0 Å². The van der Waals surface area contributed by atoms with Gasteiger partial charge in [-0.05, 0) is 46.4 Å². The van der Waals surface area contributed by atoms with Crippen LogP contribution in [-0.4, -0.2) is 21.0 Å². The standard InChI is InChI=1S/C10H7IN2O2/c11-7-3-6(1-2-9(14)15)4-8-10(7)13-5-12-8/h1-5H,(H,12,13)(H,14,15)/b2-1+. The first-order valence-electron chi connectivity index (χ1n) is 4.20. The van der Waals surface area contributed by atoms with Crippen LogP contribution in [0.1, 0.15) is 5.56 Å². The van der Waals surface area contributed by atoms with E-state index in [1.54, 1.807) is 12.4 Å². The first-order valence-corrected chi connectivity index (χ1v) is 5.28. The van der Waals surface area contributed by atoms with Crippen molar-refractivity contribution in [1.29, 1.82) is 0 Å². The molecule has 0 bridgehead atoms. The Kier molecular flexibility index (Phi) is 2.72. The molecule has 0 radical (unpaired) electrons. The zero-order valence-corrected chi connectivity index (χ0v) is 9.72. The SMILES string of the molecule is O=C(O)/C=C/c1cc(I)c2nc[nH]c2c1. The zero-order chi connectivity index (χ0) is 10.8. The van der Waals surface area contributed by atoms with Gasteiger partial charge in [-0.25, -0.2) is 9.78 Å². The highest BCUT2D eigenvalue weighted by Gasteiger charge is 2.02. The monoisotopic (exact) mass is 314 g/mol. The predicted octanol–water partition coefficient (Wildman–Crippen LogP) is 2.27. The van der Waals surface area contributed by atoms with Crippen LogP contribution in [0.25, 0.3) is 17.1 Å². The Bertz CT molecular complexity index is 545. The van der Waals surface area contributed by atoms with Gasteiger partial charge in [0.25, 0.3) is 0 Å². The summed E-state index contributed by atoms with van der Waals surface area (Å²) in [5.74, 6) is -0.949. The zero-order valence-electron chi connectivity index (χ0n) is 7.57. The molecule has 2 rings (SSSR count). The molecule has 1 aromatic carbocycles. The molecular formula is C10H7IN2O2. The first-order chi connectivity index (χ1) is 7.16. The minimum atomic E-state index is -0.949. The number of carboxylic acids is 1. The van der Waals surface area contributed by atoms with Crippen LogP contribution in [0.15, 0.2) is 24.5 Å². The summed E-state index contributed by atoms with van der Waals surface area (Å²) in [5, 5.41) is 8.51. The summed E-state index contributed by atoms with van der Waals surface area (Å²) in [4.78, 5) is 17.5. The maximum absolute atomic E-state index is 10.4. The lowest BCUT2D eigenvalue weighted by Gasteiger charge is -1.96. The van der Waals surface area contributed by atoms with Crippen molar-refractivity contribution in [2.24, 2.45) is 0 Å². The highest BCUT2D eigenvalue weighted by atomic mass is 127. The van der Waals surface area contributed by atoms with Gasteiger partial charge in [0.15, 0.2) is 0 Å². The lowest BCUT2D eigenvalue weighted by molar-refractivity contribution is -0.131. The molecular weight excluding hydrogens is 307 g/mol. The van der Waals surface area contributed by atoms with Gasteiger partial charge in [0.1, 0.15) is 5.52 Å². The van der Waals surface area contributed by atoms with E-state index in [2.05, 4.69) is 32.6 Å². The van der Waals surface area contributed by atoms with Crippen molar-refractivity contribution in [2.45, 2.75) is 0 Å². The van der Waals surface area contributed by atoms with Gasteiger partial charge in [0.2, 0.25) is 0 Å². The lowest BCUT2D eigenvalue weighted by atomic mass is 10.2. The Morgan fingerprint density at radius 3 is 3.07 bits per heavy atom. The highest BCUT2D eigenvalue weighted by Crippen LogP contribution is 2.20. The molecule has 0 aliphatic carbocycles. The molecule has 0 atom stereocenters. The molecule has 4 nitrogen and oxygen atoms in total. The van der Waals surface area contributed by atoms with Gasteiger partial charge in [-0.3, -0.25) is 0 Å². The number of imidazole rings is 1. The summed E-state index contributed by atoms with van der Waals surface area (Å²) >= 11 is 2.17. The molecule has 0 saturated carbocycles. The van der Waals surface area contributed by atoms with Crippen LogP contribution < -0.4 is 0 Å². The van der Waals surface area contributed by atoms with Crippen LogP contribution in [0.5, 0.6) is 0 Å². The molecule has 1 aromatic heterocycles. The third-order valence-corrected chi connectivity index (χ3v) is 2.74. The lowest BCUT2D eigenvalue weighted by Crippen LogP contribution is -1.86. The van der Waals surface area contributed by atoms with Crippen molar-refractivity contribution in [3.63, 3.8) is 0 Å². The number of H-pyrrole nitrogens is 1. The van der Waals surface area contributed by atoms with E-state index in [4.69, 9.17) is 5.11 Å². The number of fused-ring (bicyclic) bond motifs is 1. The van der Waals surface area contributed by atoms with Crippen LogP contribution in [-0.2, 0) is 4.79 Å². The second-order valence-corrected chi connectivity index (χ2v) is 4.14. The molecule has 2 aromatic rings. The van der Waals surface area contributed by atoms with Crippen molar-refractivity contribution >= 4 is 45.7 Å². The number of nitrogens with zero attached hydrogens (tertiary/aromatic N) is 1. The Morgan fingerprint density at radius 1 is 1.53 bits per heavy atom. The average molecular weight is 314 g/mol. The van der Waals surface area contributed by atoms with E-state index < -0.39 is 5.97 Å². The number of halogens is 1. The highest BCUT2D eigenvalue weighted by molar-refractivity contribution is 14.1. The van der Waals surface area contributed by atoms with Crippen LogP contribution >= 0.6 is 22.6 Å². The van der Waals surface area contributed by atoms with Gasteiger partial charge in [0, 0.05) is 9.65 Å². The second-order valence-electron chi connectivity index (χ2n) is 2.97. The van der Waals surface area contributed by atoms with Gasteiger partial charge >= 0.3 is 5.97 Å². The summed E-state index contributed by atoms with van der Waals surface area (Å²) in [6.45, 7) is 0. The fourth-order valence-corrected chi connectivity index (χ4v) is 2.08. The topological polar surface area (TPSA) is 66.0 Å². The van der Waals surface area contributed by atoms with E-state index in [1.807, 2.05) is 12.1 Å². The maximum Gasteiger partial charge on any atom is 0.328 e. The first kappa shape index (κ1) is 10.2. The number of carboxylic acid groups (broad SMARTS) is 1. The molecule has 0 amide bonds. The minimum absolute atomic E-state index is 0.846. The van der Waals surface area contributed by atoms with Crippen molar-refractivity contribution in [3.8, 4) is 0 Å². The second kappa shape index (κ2) is 4.01. The third-order valence-electron chi connectivity index (χ3n) is 1.92. The van der Waals surface area contributed by atoms with Crippen LogP contribution in [0.4, 0.5) is 0 Å². The Labute approximate surface area is 99.2 Å². The van der Waals surface area contributed by atoms with E-state index in [0.717, 1.165) is 26.2 Å². The van der Waals surface area contributed by atoms with Crippen molar-refractivity contribution in [3.05, 3.63) is 33.7 Å². The Morgan fingerprint density at radius 2 is 2.33 bits per heavy atom. The molecule has 0 aliphatic heterocycles. The third kappa shape index (κ3) is 2.17. The number of benzene rings is 1. The van der Waals surface area contributed by atoms with Crippen LogP contribution in [0.2, 0.25) is 0 Å². The number of aliphatic carboxylic acids is 1. The van der Waals surface area contributed by atoms with Crippen molar-refractivity contribution in [2.75, 3.05) is 0 Å². The van der Waals surface area contributed by atoms with E-state index >= 15 is 0 Å². The molecule has 0 saturated heterocycles. The van der Waals surface area contributed by atoms with Gasteiger partial charge < -0.3 is 10.1 Å². The Hall–Kier alpha value is -1.37. The van der Waals surface area contributed by atoms with E-state index in [0.29, 0.717) is 0 Å². The number of aromatic nitrogens is 2. The summed E-state index contributed by atoms with van der Waals surface area (Å²) in [6.07, 6.45) is 4.30. The quantitative estimate of drug-likeness (QED) is 0.660. The van der Waals surface area contributed by atoms with Crippen molar-refractivity contribution < 1.29 is 9.90 Å². The summed E-state index contributed by atoms with van der Waals surface area (Å²) in [5.41, 5.74) is 2.66. The molecule has 2 N–H and O–H groups in total. The molecule has 1 heterocycles. The number of hydrogen-bond acceptors (Lipinski definition) is 2. The number of rotatable bonds is 2. The molecule has 15 heavy (non-hydrogen) atoms. The van der Waals surface area contributed by atoms with Gasteiger partial charge in [-0.1, -0.05) is 0 Å². The van der Waals surface area contributed by atoms with Crippen molar-refractivity contribution in [1.82, 2.24) is 9.97 Å². The van der Waals surface area contributed by atoms with Crippen LogP contribution in [0, 0.1) is 3.57 Å². The van der Waals surface area contributed by atoms with Crippen LogP contribution in [0.3, 0.4) is 0 Å². The maximum atomic E-state index is 10.4. The number of nitrogens with one attached hydrogen (secondary N) is 1. The van der Waals surface area contributed by atoms with Gasteiger partial charge in [0.05, 0.1) is 11.8 Å². The normalized spacial score (nSPS) is 11.3. The summed E-state index contributed by atoms with van der Waals surface area (Å²) in [6, 6.07) is 3.76. The number of carbonyl (C=O) groups is 1.